The normalized spacial score (nSPS) is 15.6. The summed E-state index contributed by atoms with van der Waals surface area (Å²) >= 11 is 12.6. The number of halogens is 2. The van der Waals surface area contributed by atoms with Crippen molar-refractivity contribution in [2.45, 2.75) is 37.1 Å². The molecule has 3 amide bonds. The Morgan fingerprint density at radius 2 is 1.54 bits per heavy atom. The quantitative estimate of drug-likeness (QED) is 0.288. The van der Waals surface area contributed by atoms with E-state index in [9.17, 15) is 9.59 Å². The third-order valence-electron chi connectivity index (χ3n) is 8.05. The highest BCUT2D eigenvalue weighted by Crippen LogP contribution is 2.31. The predicted molar refractivity (Wildman–Crippen MR) is 168 cm³/mol. The summed E-state index contributed by atoms with van der Waals surface area (Å²) in [5, 5.41) is 4.39. The topological polar surface area (TPSA) is 55.9 Å². The average Bonchev–Trinajstić information content (AvgIpc) is 2.98. The number of rotatable bonds is 10. The Morgan fingerprint density at radius 3 is 2.15 bits per heavy atom. The van der Waals surface area contributed by atoms with E-state index in [1.54, 1.807) is 23.9 Å². The largest absolute Gasteiger partial charge is 0.341 e. The number of carbonyl (C=O) groups excluding carboxylic acids is 2. The molecule has 4 rings (SSSR count). The maximum absolute atomic E-state index is 13.1. The Balaban J connectivity index is 1.44. The first-order valence-electron chi connectivity index (χ1n) is 14.2. The van der Waals surface area contributed by atoms with Crippen LogP contribution in [0.2, 0.25) is 10.0 Å². The second kappa shape index (κ2) is 14.2. The van der Waals surface area contributed by atoms with E-state index >= 15 is 0 Å². The third-order valence-corrected chi connectivity index (χ3v) is 8.79. The molecule has 0 aromatic heterocycles. The number of hydrogen-bond acceptors (Lipinski definition) is 3. The molecule has 1 unspecified atom stereocenters. The monoisotopic (exact) mass is 594 g/mol. The number of carbonyl (C=O) groups is 2. The number of benzene rings is 3. The van der Waals surface area contributed by atoms with Gasteiger partial charge in [0.1, 0.15) is 0 Å². The van der Waals surface area contributed by atoms with Crippen LogP contribution in [0, 0.1) is 0 Å². The summed E-state index contributed by atoms with van der Waals surface area (Å²) in [7, 11) is 5.42. The molecule has 8 heteroatoms. The molecule has 1 fully saturated rings. The van der Waals surface area contributed by atoms with Gasteiger partial charge in [0.05, 0.1) is 10.0 Å². The number of nitrogens with zero attached hydrogens (tertiary/aromatic N) is 3. The van der Waals surface area contributed by atoms with Crippen molar-refractivity contribution in [3.8, 4) is 0 Å². The van der Waals surface area contributed by atoms with Gasteiger partial charge >= 0.3 is 6.03 Å². The van der Waals surface area contributed by atoms with Crippen molar-refractivity contribution < 1.29 is 9.59 Å². The van der Waals surface area contributed by atoms with E-state index in [2.05, 4.69) is 34.5 Å². The number of urea groups is 1. The molecule has 1 aliphatic heterocycles. The second-order valence-corrected chi connectivity index (χ2v) is 12.1. The summed E-state index contributed by atoms with van der Waals surface area (Å²) in [6, 6.07) is 25.5. The first kappa shape index (κ1) is 30.9. The maximum Gasteiger partial charge on any atom is 0.317 e. The number of amides is 3. The lowest BCUT2D eigenvalue weighted by Gasteiger charge is -2.43. The van der Waals surface area contributed by atoms with Crippen molar-refractivity contribution in [1.29, 1.82) is 0 Å². The van der Waals surface area contributed by atoms with E-state index in [0.717, 1.165) is 50.9 Å². The van der Waals surface area contributed by atoms with Gasteiger partial charge in [-0.3, -0.25) is 4.79 Å². The van der Waals surface area contributed by atoms with Crippen LogP contribution >= 0.6 is 23.2 Å². The van der Waals surface area contributed by atoms with Crippen molar-refractivity contribution in [2.24, 2.45) is 0 Å². The van der Waals surface area contributed by atoms with E-state index in [-0.39, 0.29) is 23.4 Å². The zero-order valence-corrected chi connectivity index (χ0v) is 25.7. The van der Waals surface area contributed by atoms with Gasteiger partial charge in [-0.15, -0.1) is 0 Å². The van der Waals surface area contributed by atoms with Crippen molar-refractivity contribution in [3.63, 3.8) is 0 Å². The molecule has 1 aliphatic rings. The van der Waals surface area contributed by atoms with Crippen molar-refractivity contribution in [1.82, 2.24) is 20.0 Å². The van der Waals surface area contributed by atoms with Gasteiger partial charge in [-0.2, -0.15) is 0 Å². The summed E-state index contributed by atoms with van der Waals surface area (Å²) in [5.41, 5.74) is 2.69. The fourth-order valence-electron chi connectivity index (χ4n) is 5.56. The summed E-state index contributed by atoms with van der Waals surface area (Å²) in [5.74, 6) is 0.0860. The van der Waals surface area contributed by atoms with Gasteiger partial charge in [0.15, 0.2) is 0 Å². The fourth-order valence-corrected chi connectivity index (χ4v) is 5.87. The molecule has 1 atom stereocenters. The zero-order chi connectivity index (χ0) is 29.4. The Labute approximate surface area is 254 Å². The second-order valence-electron chi connectivity index (χ2n) is 11.3. The smallest absolute Gasteiger partial charge is 0.317 e. The van der Waals surface area contributed by atoms with Crippen LogP contribution in [0.25, 0.3) is 0 Å². The molecule has 3 aromatic rings. The Morgan fingerprint density at radius 1 is 0.902 bits per heavy atom. The molecule has 0 bridgehead atoms. The Hall–Kier alpha value is -3.06. The molecule has 41 heavy (non-hydrogen) atoms. The average molecular weight is 596 g/mol. The summed E-state index contributed by atoms with van der Waals surface area (Å²) in [4.78, 5) is 31.7. The number of hydrogen-bond donors (Lipinski definition) is 1. The predicted octanol–water partition coefficient (Wildman–Crippen LogP) is 6.59. The van der Waals surface area contributed by atoms with E-state index in [0.29, 0.717) is 22.2 Å². The minimum absolute atomic E-state index is 0.00374. The molecule has 0 radical (unpaired) electrons. The molecule has 1 saturated heterocycles. The highest BCUT2D eigenvalue weighted by atomic mass is 35.5. The molecule has 218 valence electrons. The van der Waals surface area contributed by atoms with Gasteiger partial charge in [-0.1, -0.05) is 77.8 Å². The fraction of sp³-hybridized carbons (Fsp3) is 0.394. The van der Waals surface area contributed by atoms with E-state index in [4.69, 9.17) is 23.2 Å². The van der Waals surface area contributed by atoms with Crippen LogP contribution in [0.5, 0.6) is 0 Å². The van der Waals surface area contributed by atoms with Crippen molar-refractivity contribution in [3.05, 3.63) is 106 Å². The van der Waals surface area contributed by atoms with E-state index < -0.39 is 0 Å². The van der Waals surface area contributed by atoms with Gasteiger partial charge in [-0.05, 0) is 67.6 Å². The molecule has 0 saturated carbocycles. The minimum Gasteiger partial charge on any atom is -0.341 e. The SMILES string of the molecule is CN(C)C(=O)NC1(Cc2ccccc2)CCN(CCC(CN(C)C(=O)c2ccccc2)c2ccc(Cl)c(Cl)c2)CC1. The standard InChI is InChI=1S/C33H40Cl2N4O2/c1-37(2)32(41)36-33(23-25-10-6-4-7-11-25)17-20-39(21-18-33)19-16-28(27-14-15-29(34)30(35)22-27)24-38(3)31(40)26-12-8-5-9-13-26/h4-15,22,28H,16-21,23-24H2,1-3H3,(H,36,41). The molecular weight excluding hydrogens is 555 g/mol. The third kappa shape index (κ3) is 8.48. The molecule has 3 aromatic carbocycles. The first-order chi connectivity index (χ1) is 19.7. The lowest BCUT2D eigenvalue weighted by Crippen LogP contribution is -2.58. The number of likely N-dealkylation sites (tertiary alicyclic amines) is 1. The van der Waals surface area contributed by atoms with Gasteiger partial charge in [0, 0.05) is 57.8 Å². The van der Waals surface area contributed by atoms with Crippen molar-refractivity contribution in [2.75, 3.05) is 47.3 Å². The summed E-state index contributed by atoms with van der Waals surface area (Å²) < 4.78 is 0. The summed E-state index contributed by atoms with van der Waals surface area (Å²) in [6.07, 6.45) is 3.40. The Kier molecular flexibility index (Phi) is 10.7. The lowest BCUT2D eigenvalue weighted by molar-refractivity contribution is 0.0778. The van der Waals surface area contributed by atoms with Gasteiger partial charge in [-0.25, -0.2) is 4.79 Å². The van der Waals surface area contributed by atoms with Crippen LogP contribution in [0.4, 0.5) is 4.79 Å². The van der Waals surface area contributed by atoms with Crippen LogP contribution in [0.1, 0.15) is 46.7 Å². The minimum atomic E-state index is -0.287. The lowest BCUT2D eigenvalue weighted by atomic mass is 9.81. The van der Waals surface area contributed by atoms with Crippen LogP contribution in [0.15, 0.2) is 78.9 Å². The highest BCUT2D eigenvalue weighted by molar-refractivity contribution is 6.42. The maximum atomic E-state index is 13.1. The van der Waals surface area contributed by atoms with Crippen LogP contribution in [0.3, 0.4) is 0 Å². The molecule has 1 heterocycles. The molecular formula is C33H40Cl2N4O2. The number of piperidine rings is 1. The van der Waals surface area contributed by atoms with Gasteiger partial charge in [0.25, 0.3) is 5.91 Å². The summed E-state index contributed by atoms with van der Waals surface area (Å²) in [6.45, 7) is 3.21. The molecule has 6 nitrogen and oxygen atoms in total. The Bertz CT molecular complexity index is 1300. The highest BCUT2D eigenvalue weighted by Gasteiger charge is 2.36. The molecule has 0 aliphatic carbocycles. The first-order valence-corrected chi connectivity index (χ1v) is 14.9. The van der Waals surface area contributed by atoms with E-state index in [1.807, 2.05) is 61.6 Å². The molecule has 0 spiro atoms. The van der Waals surface area contributed by atoms with Crippen molar-refractivity contribution >= 4 is 35.1 Å². The van der Waals surface area contributed by atoms with E-state index in [1.165, 1.54) is 5.56 Å². The van der Waals surface area contributed by atoms with Crippen LogP contribution in [-0.4, -0.2) is 79.5 Å². The number of nitrogens with one attached hydrogen (secondary N) is 1. The zero-order valence-electron chi connectivity index (χ0n) is 24.2. The number of likely N-dealkylation sites (N-methyl/N-ethyl adjacent to an activating group) is 1. The van der Waals surface area contributed by atoms with Gasteiger partial charge < -0.3 is 20.0 Å². The van der Waals surface area contributed by atoms with Crippen LogP contribution < -0.4 is 5.32 Å². The molecule has 1 N–H and O–H groups in total. The van der Waals surface area contributed by atoms with Crippen LogP contribution in [-0.2, 0) is 6.42 Å². The van der Waals surface area contributed by atoms with Gasteiger partial charge in [0.2, 0.25) is 0 Å².